The van der Waals surface area contributed by atoms with E-state index in [2.05, 4.69) is 10.9 Å². The van der Waals surface area contributed by atoms with E-state index in [9.17, 15) is 9.59 Å². The van der Waals surface area contributed by atoms with Crippen LogP contribution >= 0.6 is 0 Å². The van der Waals surface area contributed by atoms with E-state index in [1.54, 1.807) is 0 Å². The number of ether oxygens (including phenoxy) is 1. The van der Waals surface area contributed by atoms with Gasteiger partial charge in [0.25, 0.3) is 5.91 Å². The van der Waals surface area contributed by atoms with E-state index in [1.807, 2.05) is 42.5 Å². The average molecular weight is 326 g/mol. The lowest BCUT2D eigenvalue weighted by Gasteiger charge is -2.12. The van der Waals surface area contributed by atoms with Crippen LogP contribution in [0.4, 0.5) is 0 Å². The standard InChI is InChI=1S/C19H22N2O3/c22-18(12-14-6-1-2-7-14)20-21-19(23)13-24-17-11-5-9-15-8-3-4-10-16(15)17/h3-5,8-11,14H,1-2,6-7,12-13H2,(H,20,22)(H,21,23). The minimum atomic E-state index is -0.372. The Morgan fingerprint density at radius 1 is 0.958 bits per heavy atom. The zero-order valence-electron chi connectivity index (χ0n) is 13.6. The Labute approximate surface area is 141 Å². The minimum absolute atomic E-state index is 0.139. The van der Waals surface area contributed by atoms with Crippen LogP contribution in [0.15, 0.2) is 42.5 Å². The topological polar surface area (TPSA) is 67.4 Å². The van der Waals surface area contributed by atoms with Crippen LogP contribution in [0, 0.1) is 5.92 Å². The quantitative estimate of drug-likeness (QED) is 0.830. The monoisotopic (exact) mass is 326 g/mol. The van der Waals surface area contributed by atoms with E-state index in [-0.39, 0.29) is 18.4 Å². The van der Waals surface area contributed by atoms with Gasteiger partial charge in [-0.05, 0) is 30.2 Å². The summed E-state index contributed by atoms with van der Waals surface area (Å²) in [6.07, 6.45) is 5.08. The van der Waals surface area contributed by atoms with Gasteiger partial charge in [-0.2, -0.15) is 0 Å². The fourth-order valence-corrected chi connectivity index (χ4v) is 3.17. The largest absolute Gasteiger partial charge is 0.483 e. The molecule has 2 aromatic rings. The number of hydrazine groups is 1. The van der Waals surface area contributed by atoms with E-state index >= 15 is 0 Å². The predicted molar refractivity (Wildman–Crippen MR) is 92.3 cm³/mol. The highest BCUT2D eigenvalue weighted by molar-refractivity contribution is 5.89. The Hall–Kier alpha value is -2.56. The zero-order chi connectivity index (χ0) is 16.8. The first-order valence-corrected chi connectivity index (χ1v) is 8.40. The van der Waals surface area contributed by atoms with Gasteiger partial charge in [0.2, 0.25) is 5.91 Å². The highest BCUT2D eigenvalue weighted by Gasteiger charge is 2.18. The summed E-state index contributed by atoms with van der Waals surface area (Å²) >= 11 is 0. The predicted octanol–water partition coefficient (Wildman–Crippen LogP) is 2.95. The smallest absolute Gasteiger partial charge is 0.276 e. The third kappa shape index (κ3) is 4.25. The summed E-state index contributed by atoms with van der Waals surface area (Å²) in [4.78, 5) is 23.6. The summed E-state index contributed by atoms with van der Waals surface area (Å²) in [5.41, 5.74) is 4.88. The van der Waals surface area contributed by atoms with Crippen molar-refractivity contribution in [2.24, 2.45) is 5.92 Å². The van der Waals surface area contributed by atoms with Gasteiger partial charge in [0.15, 0.2) is 6.61 Å². The Bertz CT molecular complexity index is 718. The highest BCUT2D eigenvalue weighted by Crippen LogP contribution is 2.27. The molecule has 0 saturated heterocycles. The Morgan fingerprint density at radius 3 is 2.50 bits per heavy atom. The van der Waals surface area contributed by atoms with Crippen molar-refractivity contribution in [3.63, 3.8) is 0 Å². The Balaban J connectivity index is 1.45. The maximum atomic E-state index is 11.8. The summed E-state index contributed by atoms with van der Waals surface area (Å²) in [7, 11) is 0. The van der Waals surface area contributed by atoms with Crippen molar-refractivity contribution in [2.45, 2.75) is 32.1 Å². The summed E-state index contributed by atoms with van der Waals surface area (Å²) in [6, 6.07) is 13.5. The third-order valence-electron chi connectivity index (χ3n) is 4.40. The third-order valence-corrected chi connectivity index (χ3v) is 4.40. The summed E-state index contributed by atoms with van der Waals surface area (Å²) < 4.78 is 5.58. The van der Waals surface area contributed by atoms with Crippen molar-refractivity contribution < 1.29 is 14.3 Å². The highest BCUT2D eigenvalue weighted by atomic mass is 16.5. The molecule has 1 aliphatic rings. The number of amides is 2. The van der Waals surface area contributed by atoms with Gasteiger partial charge in [0.1, 0.15) is 5.75 Å². The fraction of sp³-hybridized carbons (Fsp3) is 0.368. The van der Waals surface area contributed by atoms with Crippen LogP contribution in [-0.2, 0) is 9.59 Å². The lowest BCUT2D eigenvalue weighted by Crippen LogP contribution is -2.44. The molecule has 2 aromatic carbocycles. The van der Waals surface area contributed by atoms with Crippen molar-refractivity contribution in [1.82, 2.24) is 10.9 Å². The van der Waals surface area contributed by atoms with E-state index < -0.39 is 0 Å². The first-order valence-electron chi connectivity index (χ1n) is 8.40. The number of rotatable bonds is 5. The molecule has 3 rings (SSSR count). The minimum Gasteiger partial charge on any atom is -0.483 e. The molecule has 0 spiro atoms. The van der Waals surface area contributed by atoms with E-state index in [0.717, 1.165) is 23.6 Å². The zero-order valence-corrected chi connectivity index (χ0v) is 13.6. The van der Waals surface area contributed by atoms with Gasteiger partial charge in [-0.3, -0.25) is 20.4 Å². The molecule has 0 radical (unpaired) electrons. The average Bonchev–Trinajstić information content (AvgIpc) is 3.11. The lowest BCUT2D eigenvalue weighted by molar-refractivity contribution is -0.130. The molecule has 0 bridgehead atoms. The van der Waals surface area contributed by atoms with Crippen LogP contribution < -0.4 is 15.6 Å². The van der Waals surface area contributed by atoms with Crippen LogP contribution in [-0.4, -0.2) is 18.4 Å². The molecule has 126 valence electrons. The number of benzene rings is 2. The molecular formula is C19H22N2O3. The molecule has 5 nitrogen and oxygen atoms in total. The Morgan fingerprint density at radius 2 is 1.67 bits per heavy atom. The van der Waals surface area contributed by atoms with Gasteiger partial charge in [-0.1, -0.05) is 49.2 Å². The number of hydrogen-bond acceptors (Lipinski definition) is 3. The molecule has 0 heterocycles. The number of fused-ring (bicyclic) bond motifs is 1. The van der Waals surface area contributed by atoms with Crippen LogP contribution in [0.3, 0.4) is 0 Å². The van der Waals surface area contributed by atoms with E-state index in [1.165, 1.54) is 12.8 Å². The van der Waals surface area contributed by atoms with Crippen molar-refractivity contribution in [1.29, 1.82) is 0 Å². The molecule has 0 aromatic heterocycles. The maximum Gasteiger partial charge on any atom is 0.276 e. The molecule has 5 heteroatoms. The maximum absolute atomic E-state index is 11.8. The molecule has 0 unspecified atom stereocenters. The molecule has 2 amide bonds. The van der Waals surface area contributed by atoms with Gasteiger partial charge < -0.3 is 4.74 Å². The molecule has 0 aliphatic heterocycles. The first kappa shape index (κ1) is 16.3. The molecular weight excluding hydrogens is 304 g/mol. The molecule has 1 fully saturated rings. The second kappa shape index (κ2) is 7.81. The van der Waals surface area contributed by atoms with Crippen LogP contribution in [0.25, 0.3) is 10.8 Å². The first-order chi connectivity index (χ1) is 11.7. The van der Waals surface area contributed by atoms with Crippen molar-refractivity contribution in [3.05, 3.63) is 42.5 Å². The number of carbonyl (C=O) groups excluding carboxylic acids is 2. The van der Waals surface area contributed by atoms with Crippen molar-refractivity contribution in [3.8, 4) is 5.75 Å². The number of nitrogens with one attached hydrogen (secondary N) is 2. The van der Waals surface area contributed by atoms with Gasteiger partial charge in [0, 0.05) is 11.8 Å². The van der Waals surface area contributed by atoms with Crippen molar-refractivity contribution in [2.75, 3.05) is 6.61 Å². The normalized spacial score (nSPS) is 14.5. The van der Waals surface area contributed by atoms with Crippen molar-refractivity contribution >= 4 is 22.6 Å². The molecule has 2 N–H and O–H groups in total. The van der Waals surface area contributed by atoms with E-state index in [0.29, 0.717) is 18.1 Å². The van der Waals surface area contributed by atoms with Crippen LogP contribution in [0.2, 0.25) is 0 Å². The SMILES string of the molecule is O=C(COc1cccc2ccccc12)NNC(=O)CC1CCCC1. The molecule has 1 saturated carbocycles. The number of carbonyl (C=O) groups is 2. The lowest BCUT2D eigenvalue weighted by atomic mass is 10.0. The van der Waals surface area contributed by atoms with Gasteiger partial charge in [0.05, 0.1) is 0 Å². The second-order valence-corrected chi connectivity index (χ2v) is 6.22. The van der Waals surface area contributed by atoms with Gasteiger partial charge >= 0.3 is 0 Å². The van der Waals surface area contributed by atoms with Gasteiger partial charge in [-0.15, -0.1) is 0 Å². The second-order valence-electron chi connectivity index (χ2n) is 6.22. The summed E-state index contributed by atoms with van der Waals surface area (Å²) in [5.74, 6) is 0.595. The summed E-state index contributed by atoms with van der Waals surface area (Å²) in [6.45, 7) is -0.141. The molecule has 24 heavy (non-hydrogen) atoms. The molecule has 0 atom stereocenters. The fourth-order valence-electron chi connectivity index (χ4n) is 3.17. The van der Waals surface area contributed by atoms with Crippen LogP contribution in [0.5, 0.6) is 5.75 Å². The van der Waals surface area contributed by atoms with Crippen LogP contribution in [0.1, 0.15) is 32.1 Å². The van der Waals surface area contributed by atoms with Gasteiger partial charge in [-0.25, -0.2) is 0 Å². The Kier molecular flexibility index (Phi) is 5.31. The number of hydrogen-bond donors (Lipinski definition) is 2. The molecule has 1 aliphatic carbocycles. The van der Waals surface area contributed by atoms with E-state index in [4.69, 9.17) is 4.74 Å². The summed E-state index contributed by atoms with van der Waals surface area (Å²) in [5, 5.41) is 2.01.